The van der Waals surface area contributed by atoms with Crippen LogP contribution < -0.4 is 0 Å². The smallest absolute Gasteiger partial charge is 0.143 e. The molecule has 0 unspecified atom stereocenters. The van der Waals surface area contributed by atoms with Gasteiger partial charge in [-0.1, -0.05) is 49.7 Å². The molecule has 0 aromatic heterocycles. The highest BCUT2D eigenvalue weighted by Gasteiger charge is 2.37. The average molecular weight is 326 g/mol. The number of rotatable bonds is 0. The Kier molecular flexibility index (Phi) is 2.58. The van der Waals surface area contributed by atoms with Crippen LogP contribution in [0, 0.1) is 5.82 Å². The van der Waals surface area contributed by atoms with Gasteiger partial charge in [0.1, 0.15) is 5.82 Å². The molecule has 0 fully saturated rings. The molecule has 0 saturated carbocycles. The van der Waals surface area contributed by atoms with E-state index in [0.717, 1.165) is 16.7 Å². The van der Waals surface area contributed by atoms with E-state index in [2.05, 4.69) is 41.9 Å². The third-order valence-corrected chi connectivity index (χ3v) is 5.10. The maximum Gasteiger partial charge on any atom is 0.143 e. The summed E-state index contributed by atoms with van der Waals surface area (Å²) < 4.78 is 14.5. The zero-order chi connectivity index (χ0) is 13.1. The minimum Gasteiger partial charge on any atom is -0.205 e. The van der Waals surface area contributed by atoms with Crippen LogP contribution in [0.1, 0.15) is 25.0 Å². The fourth-order valence-corrected chi connectivity index (χ4v) is 3.51. The van der Waals surface area contributed by atoms with E-state index < -0.39 is 0 Å². The molecular weight excluding hydrogens is 315 g/mol. The minimum absolute atomic E-state index is 0.154. The van der Waals surface area contributed by atoms with E-state index in [4.69, 9.17) is 11.6 Å². The van der Waals surface area contributed by atoms with Crippen molar-refractivity contribution >= 4 is 27.5 Å². The molecule has 3 heteroatoms. The molecule has 0 radical (unpaired) electrons. The molecule has 0 amide bonds. The highest BCUT2D eigenvalue weighted by molar-refractivity contribution is 9.10. The summed E-state index contributed by atoms with van der Waals surface area (Å²) in [5.74, 6) is -0.372. The second-order valence-corrected chi connectivity index (χ2v) is 6.25. The summed E-state index contributed by atoms with van der Waals surface area (Å²) in [5, 5.41) is 0.154. The first-order valence-corrected chi connectivity index (χ1v) is 6.89. The lowest BCUT2D eigenvalue weighted by atomic mass is 9.82. The van der Waals surface area contributed by atoms with E-state index in [1.807, 2.05) is 12.1 Å². The Balaban J connectivity index is 2.47. The van der Waals surface area contributed by atoms with E-state index in [0.29, 0.717) is 4.47 Å². The molecule has 1 aliphatic carbocycles. The first-order valence-electron chi connectivity index (χ1n) is 5.72. The Bertz CT molecular complexity index is 662. The molecule has 3 rings (SSSR count). The molecule has 92 valence electrons. The zero-order valence-corrected chi connectivity index (χ0v) is 12.4. The van der Waals surface area contributed by atoms with E-state index in [1.54, 1.807) is 6.07 Å². The predicted octanol–water partition coefficient (Wildman–Crippen LogP) is 5.55. The molecule has 0 bridgehead atoms. The van der Waals surface area contributed by atoms with Crippen molar-refractivity contribution in [2.24, 2.45) is 0 Å². The van der Waals surface area contributed by atoms with E-state index >= 15 is 0 Å². The molecule has 0 saturated heterocycles. The van der Waals surface area contributed by atoms with Gasteiger partial charge in [-0.15, -0.1) is 0 Å². The molecule has 0 N–H and O–H groups in total. The fraction of sp³-hybridized carbons (Fsp3) is 0.200. The highest BCUT2D eigenvalue weighted by atomic mass is 79.9. The quantitative estimate of drug-likeness (QED) is 0.557. The van der Waals surface area contributed by atoms with Crippen LogP contribution in [0.5, 0.6) is 0 Å². The van der Waals surface area contributed by atoms with Crippen molar-refractivity contribution in [3.63, 3.8) is 0 Å². The second-order valence-electron chi connectivity index (χ2n) is 5.08. The maximum atomic E-state index is 13.8. The summed E-state index contributed by atoms with van der Waals surface area (Å²) in [4.78, 5) is 0. The first kappa shape index (κ1) is 12.2. The van der Waals surface area contributed by atoms with Crippen LogP contribution in [-0.2, 0) is 5.41 Å². The number of halogens is 3. The topological polar surface area (TPSA) is 0 Å². The van der Waals surface area contributed by atoms with Gasteiger partial charge in [0.15, 0.2) is 0 Å². The molecule has 0 atom stereocenters. The van der Waals surface area contributed by atoms with Gasteiger partial charge in [0.2, 0.25) is 0 Å². The Morgan fingerprint density at radius 3 is 2.56 bits per heavy atom. The van der Waals surface area contributed by atoms with Crippen molar-refractivity contribution in [1.82, 2.24) is 0 Å². The van der Waals surface area contributed by atoms with Crippen LogP contribution in [0.3, 0.4) is 0 Å². The van der Waals surface area contributed by atoms with Crippen LogP contribution in [0.2, 0.25) is 5.02 Å². The predicted molar refractivity (Wildman–Crippen MR) is 76.7 cm³/mol. The standard InChI is InChI=1S/C15H11BrClF/c1-15(2)9-6-4-3-5-8(9)12-10(15)7-11(18)14(17)13(12)16/h3-7H,1-2H3. The van der Waals surface area contributed by atoms with Crippen molar-refractivity contribution < 1.29 is 4.39 Å². The molecule has 1 aliphatic rings. The summed E-state index contributed by atoms with van der Waals surface area (Å²) in [5.41, 5.74) is 4.15. The number of hydrogen-bond acceptors (Lipinski definition) is 0. The van der Waals surface area contributed by atoms with Crippen molar-refractivity contribution in [2.45, 2.75) is 19.3 Å². The van der Waals surface area contributed by atoms with Crippen molar-refractivity contribution in [3.05, 3.63) is 56.8 Å². The van der Waals surface area contributed by atoms with Crippen molar-refractivity contribution in [3.8, 4) is 11.1 Å². The SMILES string of the molecule is CC1(C)c2ccccc2-c2c1cc(F)c(Cl)c2Br. The lowest BCUT2D eigenvalue weighted by Gasteiger charge is -2.21. The normalized spacial score (nSPS) is 15.4. The lowest BCUT2D eigenvalue weighted by molar-refractivity contribution is 0.609. The molecule has 18 heavy (non-hydrogen) atoms. The van der Waals surface area contributed by atoms with Crippen molar-refractivity contribution in [2.75, 3.05) is 0 Å². The van der Waals surface area contributed by atoms with Gasteiger partial charge >= 0.3 is 0 Å². The highest BCUT2D eigenvalue weighted by Crippen LogP contribution is 2.53. The van der Waals surface area contributed by atoms with Gasteiger partial charge < -0.3 is 0 Å². The Morgan fingerprint density at radius 2 is 1.83 bits per heavy atom. The summed E-state index contributed by atoms with van der Waals surface area (Å²) in [6, 6.07) is 9.71. The van der Waals surface area contributed by atoms with Gasteiger partial charge in [-0.2, -0.15) is 0 Å². The van der Waals surface area contributed by atoms with Gasteiger partial charge in [0.25, 0.3) is 0 Å². The lowest BCUT2D eigenvalue weighted by Crippen LogP contribution is -2.15. The third-order valence-electron chi connectivity index (χ3n) is 3.71. The molecule has 2 aromatic rings. The largest absolute Gasteiger partial charge is 0.205 e. The summed E-state index contributed by atoms with van der Waals surface area (Å²) in [7, 11) is 0. The van der Waals surface area contributed by atoms with Gasteiger partial charge in [0.05, 0.1) is 5.02 Å². The van der Waals surface area contributed by atoms with Crippen LogP contribution in [0.25, 0.3) is 11.1 Å². The first-order chi connectivity index (χ1) is 8.44. The van der Waals surface area contributed by atoms with Crippen LogP contribution >= 0.6 is 27.5 Å². The zero-order valence-electron chi connectivity index (χ0n) is 10.0. The number of fused-ring (bicyclic) bond motifs is 3. The maximum absolute atomic E-state index is 13.8. The average Bonchev–Trinajstić information content (AvgIpc) is 2.56. The Hall–Kier alpha value is -0.860. The minimum atomic E-state index is -0.372. The molecular formula is C15H11BrClF. The summed E-state index contributed by atoms with van der Waals surface area (Å²) in [6.45, 7) is 4.22. The van der Waals surface area contributed by atoms with Gasteiger partial charge in [-0.3, -0.25) is 0 Å². The molecule has 2 aromatic carbocycles. The molecule has 0 spiro atoms. The van der Waals surface area contributed by atoms with Crippen LogP contribution in [0.15, 0.2) is 34.8 Å². The van der Waals surface area contributed by atoms with Crippen molar-refractivity contribution in [1.29, 1.82) is 0 Å². The van der Waals surface area contributed by atoms with E-state index in [1.165, 1.54) is 5.56 Å². The summed E-state index contributed by atoms with van der Waals surface area (Å²) in [6.07, 6.45) is 0. The third kappa shape index (κ3) is 1.42. The van der Waals surface area contributed by atoms with Gasteiger partial charge in [-0.25, -0.2) is 4.39 Å². The Labute approximate surface area is 119 Å². The Morgan fingerprint density at radius 1 is 1.17 bits per heavy atom. The van der Waals surface area contributed by atoms with Crippen LogP contribution in [0.4, 0.5) is 4.39 Å². The second kappa shape index (κ2) is 3.82. The van der Waals surface area contributed by atoms with E-state index in [-0.39, 0.29) is 16.3 Å². The monoisotopic (exact) mass is 324 g/mol. The number of hydrogen-bond donors (Lipinski definition) is 0. The summed E-state index contributed by atoms with van der Waals surface area (Å²) >= 11 is 9.43. The van der Waals surface area contributed by atoms with Gasteiger partial charge in [0, 0.05) is 15.5 Å². The number of benzene rings is 2. The fourth-order valence-electron chi connectivity index (χ4n) is 2.74. The molecule has 0 nitrogen and oxygen atoms in total. The van der Waals surface area contributed by atoms with Crippen LogP contribution in [-0.4, -0.2) is 0 Å². The molecule has 0 aliphatic heterocycles. The van der Waals surface area contributed by atoms with E-state index in [9.17, 15) is 4.39 Å². The van der Waals surface area contributed by atoms with Gasteiger partial charge in [-0.05, 0) is 38.7 Å². The molecule has 0 heterocycles.